The second-order valence-corrected chi connectivity index (χ2v) is 4.88. The molecule has 0 fully saturated rings. The maximum Gasteiger partial charge on any atom is 0.125 e. The van der Waals surface area contributed by atoms with Crippen molar-refractivity contribution in [3.8, 4) is 0 Å². The molecule has 0 aliphatic heterocycles. The van der Waals surface area contributed by atoms with Crippen LogP contribution in [0.3, 0.4) is 0 Å². The molecule has 16 heavy (non-hydrogen) atoms. The zero-order valence-corrected chi connectivity index (χ0v) is 10.3. The lowest BCUT2D eigenvalue weighted by atomic mass is 10.0. The summed E-state index contributed by atoms with van der Waals surface area (Å²) in [4.78, 5) is 9.17. The second kappa shape index (κ2) is 4.91. The monoisotopic (exact) mass is 219 g/mol. The van der Waals surface area contributed by atoms with Crippen molar-refractivity contribution >= 4 is 0 Å². The zero-order valence-electron chi connectivity index (χ0n) is 10.3. The molecule has 0 saturated carbocycles. The summed E-state index contributed by atoms with van der Waals surface area (Å²) in [5, 5.41) is 0. The van der Waals surface area contributed by atoms with Gasteiger partial charge in [-0.3, -0.25) is 0 Å². The van der Waals surface area contributed by atoms with Crippen LogP contribution in [0.2, 0.25) is 0 Å². The molecule has 3 nitrogen and oxygen atoms in total. The van der Waals surface area contributed by atoms with Gasteiger partial charge in [-0.25, -0.2) is 9.97 Å². The Morgan fingerprint density at radius 1 is 1.19 bits per heavy atom. The number of fused-ring (bicyclic) bond motifs is 1. The maximum absolute atomic E-state index is 5.89. The van der Waals surface area contributed by atoms with Gasteiger partial charge in [0, 0.05) is 23.9 Å². The third-order valence-corrected chi connectivity index (χ3v) is 3.15. The molecule has 1 aromatic heterocycles. The highest BCUT2D eigenvalue weighted by Crippen LogP contribution is 2.22. The first-order valence-electron chi connectivity index (χ1n) is 6.27. The van der Waals surface area contributed by atoms with E-state index in [-0.39, 0.29) is 6.04 Å². The third kappa shape index (κ3) is 2.59. The van der Waals surface area contributed by atoms with Crippen molar-refractivity contribution in [3.63, 3.8) is 0 Å². The molecule has 1 heterocycles. The summed E-state index contributed by atoms with van der Waals surface area (Å²) < 4.78 is 0. The van der Waals surface area contributed by atoms with Crippen molar-refractivity contribution in [2.24, 2.45) is 5.73 Å². The smallest absolute Gasteiger partial charge is 0.125 e. The topological polar surface area (TPSA) is 51.8 Å². The Hall–Kier alpha value is -0.960. The van der Waals surface area contributed by atoms with Gasteiger partial charge in [-0.15, -0.1) is 0 Å². The van der Waals surface area contributed by atoms with Crippen LogP contribution >= 0.6 is 0 Å². The lowest BCUT2D eigenvalue weighted by Gasteiger charge is -2.13. The van der Waals surface area contributed by atoms with Gasteiger partial charge in [-0.1, -0.05) is 6.42 Å². The number of hydrogen-bond acceptors (Lipinski definition) is 3. The van der Waals surface area contributed by atoms with E-state index in [2.05, 4.69) is 9.97 Å². The number of aromatic nitrogens is 2. The molecular formula is C13H21N3. The largest absolute Gasteiger partial charge is 0.328 e. The highest BCUT2D eigenvalue weighted by atomic mass is 14.9. The third-order valence-electron chi connectivity index (χ3n) is 3.15. The number of nitrogens with two attached hydrogens (primary N) is 1. The Morgan fingerprint density at radius 2 is 1.94 bits per heavy atom. The summed E-state index contributed by atoms with van der Waals surface area (Å²) in [5.74, 6) is 0.899. The summed E-state index contributed by atoms with van der Waals surface area (Å²) in [6, 6.07) is 0.182. The number of rotatable bonds is 2. The lowest BCUT2D eigenvalue weighted by molar-refractivity contribution is 0.693. The predicted octanol–water partition coefficient (Wildman–Crippen LogP) is 1.94. The molecule has 0 radical (unpaired) electrons. The van der Waals surface area contributed by atoms with Crippen LogP contribution in [-0.4, -0.2) is 16.0 Å². The molecule has 1 aromatic rings. The lowest BCUT2D eigenvalue weighted by Crippen LogP contribution is -2.21. The molecule has 1 aliphatic carbocycles. The molecule has 3 heteroatoms. The Labute approximate surface area is 97.5 Å². The van der Waals surface area contributed by atoms with Crippen LogP contribution in [0, 0.1) is 6.92 Å². The predicted molar refractivity (Wildman–Crippen MR) is 65.4 cm³/mol. The van der Waals surface area contributed by atoms with Gasteiger partial charge in [0.25, 0.3) is 0 Å². The van der Waals surface area contributed by atoms with Gasteiger partial charge in [0.1, 0.15) is 5.82 Å². The molecule has 2 rings (SSSR count). The van der Waals surface area contributed by atoms with Gasteiger partial charge in [-0.05, 0) is 45.1 Å². The summed E-state index contributed by atoms with van der Waals surface area (Å²) in [6.07, 6.45) is 6.98. The fourth-order valence-electron chi connectivity index (χ4n) is 2.46. The molecule has 0 saturated heterocycles. The molecule has 0 aromatic carbocycles. The normalized spacial score (nSPS) is 17.7. The van der Waals surface area contributed by atoms with Crippen molar-refractivity contribution in [3.05, 3.63) is 22.8 Å². The first-order chi connectivity index (χ1) is 7.66. The van der Waals surface area contributed by atoms with Crippen molar-refractivity contribution < 1.29 is 0 Å². The fraction of sp³-hybridized carbons (Fsp3) is 0.692. The Morgan fingerprint density at radius 3 is 2.69 bits per heavy atom. The number of aryl methyl sites for hydroxylation is 2. The van der Waals surface area contributed by atoms with Crippen LogP contribution in [0.25, 0.3) is 0 Å². The van der Waals surface area contributed by atoms with Gasteiger partial charge in [0.2, 0.25) is 0 Å². The Bertz CT molecular complexity index is 372. The standard InChI is InChI=1S/C13H21N3/c1-9(14)8-13-11-6-4-3-5-7-12(11)15-10(2)16-13/h9H,3-8,14H2,1-2H3. The van der Waals surface area contributed by atoms with Gasteiger partial charge in [-0.2, -0.15) is 0 Å². The summed E-state index contributed by atoms with van der Waals surface area (Å²) in [7, 11) is 0. The first kappa shape index (κ1) is 11.5. The first-order valence-corrected chi connectivity index (χ1v) is 6.27. The van der Waals surface area contributed by atoms with Crippen LogP contribution in [0.4, 0.5) is 0 Å². The van der Waals surface area contributed by atoms with E-state index in [1.54, 1.807) is 0 Å². The molecule has 1 unspecified atom stereocenters. The minimum absolute atomic E-state index is 0.182. The minimum atomic E-state index is 0.182. The SMILES string of the molecule is Cc1nc2c(c(CC(C)N)n1)CCCCC2. The van der Waals surface area contributed by atoms with E-state index >= 15 is 0 Å². The van der Waals surface area contributed by atoms with Gasteiger partial charge in [0.05, 0.1) is 0 Å². The Balaban J connectivity index is 2.38. The average molecular weight is 219 g/mol. The highest BCUT2D eigenvalue weighted by molar-refractivity contribution is 5.28. The average Bonchev–Trinajstić information content (AvgIpc) is 2.41. The summed E-state index contributed by atoms with van der Waals surface area (Å²) in [6.45, 7) is 4.02. The summed E-state index contributed by atoms with van der Waals surface area (Å²) in [5.41, 5.74) is 9.75. The van der Waals surface area contributed by atoms with Gasteiger partial charge >= 0.3 is 0 Å². The molecule has 1 atom stereocenters. The van der Waals surface area contributed by atoms with Gasteiger partial charge in [0.15, 0.2) is 0 Å². The van der Waals surface area contributed by atoms with Crippen molar-refractivity contribution in [2.45, 2.75) is 58.4 Å². The molecule has 1 aliphatic rings. The zero-order chi connectivity index (χ0) is 11.5. The summed E-state index contributed by atoms with van der Waals surface area (Å²) >= 11 is 0. The maximum atomic E-state index is 5.89. The van der Waals surface area contributed by atoms with E-state index in [0.717, 1.165) is 25.1 Å². The number of nitrogens with zero attached hydrogens (tertiary/aromatic N) is 2. The van der Waals surface area contributed by atoms with E-state index in [1.807, 2.05) is 13.8 Å². The van der Waals surface area contributed by atoms with Gasteiger partial charge < -0.3 is 5.73 Å². The molecule has 0 bridgehead atoms. The quantitative estimate of drug-likeness (QED) is 0.773. The van der Waals surface area contributed by atoms with Crippen LogP contribution in [-0.2, 0) is 19.3 Å². The minimum Gasteiger partial charge on any atom is -0.328 e. The molecule has 88 valence electrons. The van der Waals surface area contributed by atoms with E-state index < -0.39 is 0 Å². The second-order valence-electron chi connectivity index (χ2n) is 4.88. The number of hydrogen-bond donors (Lipinski definition) is 1. The van der Waals surface area contributed by atoms with Crippen molar-refractivity contribution in [2.75, 3.05) is 0 Å². The fourth-order valence-corrected chi connectivity index (χ4v) is 2.46. The molecule has 2 N–H and O–H groups in total. The van der Waals surface area contributed by atoms with Crippen LogP contribution in [0.1, 0.15) is 49.0 Å². The van der Waals surface area contributed by atoms with E-state index in [1.165, 1.54) is 36.2 Å². The molecular weight excluding hydrogens is 198 g/mol. The van der Waals surface area contributed by atoms with E-state index in [4.69, 9.17) is 5.73 Å². The van der Waals surface area contributed by atoms with E-state index in [0.29, 0.717) is 0 Å². The van der Waals surface area contributed by atoms with Crippen LogP contribution in [0.5, 0.6) is 0 Å². The van der Waals surface area contributed by atoms with Crippen molar-refractivity contribution in [1.29, 1.82) is 0 Å². The highest BCUT2D eigenvalue weighted by Gasteiger charge is 2.16. The van der Waals surface area contributed by atoms with Crippen molar-refractivity contribution in [1.82, 2.24) is 9.97 Å². The van der Waals surface area contributed by atoms with Crippen LogP contribution < -0.4 is 5.73 Å². The molecule has 0 spiro atoms. The Kier molecular flexibility index (Phi) is 3.54. The molecule has 0 amide bonds. The van der Waals surface area contributed by atoms with Crippen LogP contribution in [0.15, 0.2) is 0 Å². The van der Waals surface area contributed by atoms with E-state index in [9.17, 15) is 0 Å².